The lowest BCUT2D eigenvalue weighted by Gasteiger charge is -2.23. The molecule has 0 saturated heterocycles. The number of hydrogen-bond donors (Lipinski definition) is 0. The molecule has 4 heterocycles. The largest absolute Gasteiger partial charge is 0.309 e. The first-order valence-electron chi connectivity index (χ1n) is 21.1. The van der Waals surface area contributed by atoms with Gasteiger partial charge in [-0.05, 0) is 109 Å². The maximum atomic E-state index is 5.42. The van der Waals surface area contributed by atoms with Crippen molar-refractivity contribution in [1.29, 1.82) is 0 Å². The second kappa shape index (κ2) is 13.9. The summed E-state index contributed by atoms with van der Waals surface area (Å²) < 4.78 is 4.78. The Morgan fingerprint density at radius 2 is 0.750 bits per heavy atom. The first-order valence-corrected chi connectivity index (χ1v) is 21.1. The minimum atomic E-state index is -0.176. The molecule has 0 aliphatic carbocycles. The Hall–Kier alpha value is -6.78. The molecule has 0 spiro atoms. The molecule has 4 nitrogen and oxygen atoms in total. The molecule has 4 aromatic heterocycles. The van der Waals surface area contributed by atoms with E-state index in [1.54, 1.807) is 0 Å². The Kier molecular flexibility index (Phi) is 8.69. The zero-order valence-electron chi connectivity index (χ0n) is 35.8. The second-order valence-corrected chi connectivity index (χ2v) is 18.5. The summed E-state index contributed by atoms with van der Waals surface area (Å²) in [5.41, 5.74) is 17.7. The Labute approximate surface area is 352 Å². The van der Waals surface area contributed by atoms with Gasteiger partial charge in [0.15, 0.2) is 0 Å². The number of para-hydroxylation sites is 4. The summed E-state index contributed by atoms with van der Waals surface area (Å²) in [5.74, 6) is 0. The summed E-state index contributed by atoms with van der Waals surface area (Å²) in [6.07, 6.45) is 0. The molecule has 0 N–H and O–H groups in total. The van der Waals surface area contributed by atoms with Crippen molar-refractivity contribution in [3.63, 3.8) is 0 Å². The fraction of sp³-hybridized carbons (Fsp3) is 0.179. The molecule has 294 valence electrons. The summed E-state index contributed by atoms with van der Waals surface area (Å²) in [5, 5.41) is 5.04. The van der Waals surface area contributed by atoms with Crippen LogP contribution in [0, 0.1) is 13.8 Å². The van der Waals surface area contributed by atoms with Gasteiger partial charge in [0.05, 0.1) is 33.5 Å². The topological polar surface area (TPSA) is 35.6 Å². The van der Waals surface area contributed by atoms with Gasteiger partial charge in [0, 0.05) is 66.3 Å². The van der Waals surface area contributed by atoms with Gasteiger partial charge in [-0.25, -0.2) is 0 Å². The predicted molar refractivity (Wildman–Crippen MR) is 254 cm³/mol. The number of rotatable bonds is 5. The molecular formula is C56H50N4. The number of aryl methyl sites for hydroxylation is 2. The Balaban J connectivity index is 1.13. The van der Waals surface area contributed by atoms with Crippen LogP contribution in [0.25, 0.3) is 88.6 Å². The van der Waals surface area contributed by atoms with E-state index in [9.17, 15) is 0 Å². The number of aromatic nitrogens is 4. The zero-order valence-corrected chi connectivity index (χ0v) is 35.8. The molecule has 0 aliphatic heterocycles. The third kappa shape index (κ3) is 6.30. The predicted octanol–water partition coefficient (Wildman–Crippen LogP) is 14.9. The van der Waals surface area contributed by atoms with Gasteiger partial charge in [0.1, 0.15) is 0 Å². The lowest BCUT2D eigenvalue weighted by Crippen LogP contribution is -2.15. The van der Waals surface area contributed by atoms with Crippen molar-refractivity contribution < 1.29 is 0 Å². The van der Waals surface area contributed by atoms with Gasteiger partial charge in [-0.3, -0.25) is 9.97 Å². The molecule has 0 fully saturated rings. The van der Waals surface area contributed by atoms with Gasteiger partial charge in [0.2, 0.25) is 0 Å². The third-order valence-corrected chi connectivity index (χ3v) is 12.2. The van der Waals surface area contributed by atoms with Crippen molar-refractivity contribution in [2.45, 2.75) is 66.2 Å². The highest BCUT2D eigenvalue weighted by atomic mass is 15.0. The molecule has 0 radical (unpaired) electrons. The summed E-state index contributed by atoms with van der Waals surface area (Å²) in [6.45, 7) is 17.9. The minimum absolute atomic E-state index is 0.169. The monoisotopic (exact) mass is 778 g/mol. The molecule has 0 bridgehead atoms. The van der Waals surface area contributed by atoms with Gasteiger partial charge >= 0.3 is 0 Å². The summed E-state index contributed by atoms with van der Waals surface area (Å²) in [4.78, 5) is 10.8. The zero-order chi connectivity index (χ0) is 41.5. The van der Waals surface area contributed by atoms with E-state index in [0.29, 0.717) is 0 Å². The lowest BCUT2D eigenvalue weighted by molar-refractivity contribution is 0.568. The van der Waals surface area contributed by atoms with Crippen LogP contribution in [-0.4, -0.2) is 19.1 Å². The summed E-state index contributed by atoms with van der Waals surface area (Å²) in [6, 6.07) is 57.6. The Morgan fingerprint density at radius 1 is 0.367 bits per heavy atom. The molecule has 10 rings (SSSR count). The number of benzene rings is 6. The SMILES string of the molecule is Cc1cc(-n2c3ccccc3c3ccccc32)ccc1-c1cc(-c2cc(-c3cc(-n4c5ccccc5c5ccccc54)ccc3C)nc(C(C)(C)C)c2)cc(C(C)(C)C)n1. The number of fused-ring (bicyclic) bond motifs is 6. The van der Waals surface area contributed by atoms with Crippen molar-refractivity contribution in [3.8, 4) is 45.0 Å². The van der Waals surface area contributed by atoms with Crippen LogP contribution in [0.1, 0.15) is 64.1 Å². The first-order chi connectivity index (χ1) is 28.8. The molecule has 10 aromatic rings. The van der Waals surface area contributed by atoms with Gasteiger partial charge in [-0.1, -0.05) is 126 Å². The molecular weight excluding hydrogens is 729 g/mol. The number of hydrogen-bond acceptors (Lipinski definition) is 2. The highest BCUT2D eigenvalue weighted by Crippen LogP contribution is 2.39. The number of nitrogens with zero attached hydrogens (tertiary/aromatic N) is 4. The molecule has 0 aliphatic rings. The van der Waals surface area contributed by atoms with Crippen LogP contribution in [0.2, 0.25) is 0 Å². The molecule has 6 aromatic carbocycles. The normalized spacial score (nSPS) is 12.3. The average molecular weight is 779 g/mol. The van der Waals surface area contributed by atoms with Crippen LogP contribution in [-0.2, 0) is 10.8 Å². The molecule has 4 heteroatoms. The highest BCUT2D eigenvalue weighted by Gasteiger charge is 2.23. The van der Waals surface area contributed by atoms with Gasteiger partial charge in [-0.2, -0.15) is 0 Å². The van der Waals surface area contributed by atoms with Crippen molar-refractivity contribution in [3.05, 3.63) is 180 Å². The molecule has 0 unspecified atom stereocenters. The van der Waals surface area contributed by atoms with Crippen molar-refractivity contribution in [2.24, 2.45) is 0 Å². The van der Waals surface area contributed by atoms with Crippen LogP contribution >= 0.6 is 0 Å². The minimum Gasteiger partial charge on any atom is -0.309 e. The maximum absolute atomic E-state index is 5.42. The van der Waals surface area contributed by atoms with E-state index in [1.807, 2.05) is 0 Å². The van der Waals surface area contributed by atoms with Crippen LogP contribution in [0.15, 0.2) is 158 Å². The Bertz CT molecular complexity index is 3200. The molecule has 0 atom stereocenters. The molecule has 0 saturated carbocycles. The van der Waals surface area contributed by atoms with E-state index in [1.165, 1.54) is 54.7 Å². The van der Waals surface area contributed by atoms with E-state index >= 15 is 0 Å². The lowest BCUT2D eigenvalue weighted by atomic mass is 9.86. The maximum Gasteiger partial charge on any atom is 0.0715 e. The molecule has 60 heavy (non-hydrogen) atoms. The summed E-state index contributed by atoms with van der Waals surface area (Å²) in [7, 11) is 0. The van der Waals surface area contributed by atoms with Crippen LogP contribution < -0.4 is 0 Å². The fourth-order valence-electron chi connectivity index (χ4n) is 8.94. The van der Waals surface area contributed by atoms with Crippen LogP contribution in [0.3, 0.4) is 0 Å². The summed E-state index contributed by atoms with van der Waals surface area (Å²) >= 11 is 0. The molecule has 0 amide bonds. The van der Waals surface area contributed by atoms with Crippen LogP contribution in [0.5, 0.6) is 0 Å². The number of pyridine rings is 2. The average Bonchev–Trinajstić information content (AvgIpc) is 3.76. The van der Waals surface area contributed by atoms with Crippen molar-refractivity contribution >= 4 is 43.6 Å². The van der Waals surface area contributed by atoms with E-state index in [0.717, 1.165) is 56.4 Å². The quantitative estimate of drug-likeness (QED) is 0.174. The van der Waals surface area contributed by atoms with E-state index in [-0.39, 0.29) is 10.8 Å². The van der Waals surface area contributed by atoms with E-state index < -0.39 is 0 Å². The highest BCUT2D eigenvalue weighted by molar-refractivity contribution is 6.10. The van der Waals surface area contributed by atoms with Crippen molar-refractivity contribution in [1.82, 2.24) is 19.1 Å². The van der Waals surface area contributed by atoms with Crippen LogP contribution in [0.4, 0.5) is 0 Å². The third-order valence-electron chi connectivity index (χ3n) is 12.2. The van der Waals surface area contributed by atoms with E-state index in [2.05, 4.69) is 222 Å². The van der Waals surface area contributed by atoms with Gasteiger partial charge in [0.25, 0.3) is 0 Å². The van der Waals surface area contributed by atoms with E-state index in [4.69, 9.17) is 9.97 Å². The Morgan fingerprint density at radius 3 is 1.17 bits per heavy atom. The smallest absolute Gasteiger partial charge is 0.0715 e. The first kappa shape index (κ1) is 37.5. The standard InChI is InChI=1S/C56H50N4/c1-35-25-26-40(60-51-23-15-11-19-44(51)45-20-12-16-24-52(45)60)34-46(35)48-31-38(33-54(58-48)56(6,7)8)37-30-47(57-53(32-37)55(3,4)5)41-28-27-39(29-36(41)2)59-49-21-13-9-17-42(49)43-18-10-14-22-50(43)59/h9-34H,1-8H3. The second-order valence-electron chi connectivity index (χ2n) is 18.5. The van der Waals surface area contributed by atoms with Gasteiger partial charge in [-0.15, -0.1) is 0 Å². The van der Waals surface area contributed by atoms with Gasteiger partial charge < -0.3 is 9.13 Å². The fourth-order valence-corrected chi connectivity index (χ4v) is 8.94. The van der Waals surface area contributed by atoms with Crippen molar-refractivity contribution in [2.75, 3.05) is 0 Å².